The lowest BCUT2D eigenvalue weighted by molar-refractivity contribution is 0.0528. The normalized spacial score (nSPS) is 11.6. The first-order valence-corrected chi connectivity index (χ1v) is 7.94. The molecule has 0 spiro atoms. The number of nitrogens with one attached hydrogen (secondary N) is 1. The number of rotatable bonds is 5. The van der Waals surface area contributed by atoms with Crippen molar-refractivity contribution in [3.63, 3.8) is 0 Å². The zero-order valence-electron chi connectivity index (χ0n) is 14.0. The standard InChI is InChI=1S/C18H26N2O2/c1-5-12-20-13-14(15-8-6-7-9-16(15)20)10-11-19-17(21)22-18(2,3)4/h6-9,13H,5,10-12H2,1-4H3,(H,19,21). The Morgan fingerprint density at radius 2 is 2.00 bits per heavy atom. The summed E-state index contributed by atoms with van der Waals surface area (Å²) in [5, 5.41) is 4.09. The van der Waals surface area contributed by atoms with Crippen molar-refractivity contribution in [1.29, 1.82) is 0 Å². The number of aryl methyl sites for hydroxylation is 1. The molecule has 1 aromatic carbocycles. The van der Waals surface area contributed by atoms with E-state index in [2.05, 4.69) is 47.3 Å². The Bertz CT molecular complexity index is 638. The molecule has 1 heterocycles. The van der Waals surface area contributed by atoms with Crippen molar-refractivity contribution in [2.75, 3.05) is 6.54 Å². The average molecular weight is 302 g/mol. The second-order valence-corrected chi connectivity index (χ2v) is 6.54. The molecule has 120 valence electrons. The molecule has 1 N–H and O–H groups in total. The highest BCUT2D eigenvalue weighted by molar-refractivity contribution is 5.84. The lowest BCUT2D eigenvalue weighted by atomic mass is 10.1. The maximum Gasteiger partial charge on any atom is 0.407 e. The minimum atomic E-state index is -0.457. The first-order chi connectivity index (χ1) is 10.4. The van der Waals surface area contributed by atoms with Crippen LogP contribution in [0.3, 0.4) is 0 Å². The Labute approximate surface area is 132 Å². The quantitative estimate of drug-likeness (QED) is 0.903. The van der Waals surface area contributed by atoms with Gasteiger partial charge in [0.1, 0.15) is 5.60 Å². The summed E-state index contributed by atoms with van der Waals surface area (Å²) in [5.74, 6) is 0. The first-order valence-electron chi connectivity index (χ1n) is 7.94. The van der Waals surface area contributed by atoms with Crippen molar-refractivity contribution in [3.8, 4) is 0 Å². The third-order valence-electron chi connectivity index (χ3n) is 3.40. The molecule has 0 unspecified atom stereocenters. The van der Waals surface area contributed by atoms with Crippen LogP contribution in [0.5, 0.6) is 0 Å². The van der Waals surface area contributed by atoms with Crippen LogP contribution in [0.15, 0.2) is 30.5 Å². The van der Waals surface area contributed by atoms with E-state index < -0.39 is 5.60 Å². The number of amides is 1. The Balaban J connectivity index is 2.01. The summed E-state index contributed by atoms with van der Waals surface area (Å²) >= 11 is 0. The van der Waals surface area contributed by atoms with Crippen molar-refractivity contribution < 1.29 is 9.53 Å². The summed E-state index contributed by atoms with van der Waals surface area (Å²) in [7, 11) is 0. The molecule has 0 atom stereocenters. The fourth-order valence-electron chi connectivity index (χ4n) is 2.56. The van der Waals surface area contributed by atoms with Crippen LogP contribution in [0.1, 0.15) is 39.7 Å². The van der Waals surface area contributed by atoms with Gasteiger partial charge in [0.2, 0.25) is 0 Å². The second kappa shape index (κ2) is 6.86. The highest BCUT2D eigenvalue weighted by Gasteiger charge is 2.15. The lowest BCUT2D eigenvalue weighted by Gasteiger charge is -2.19. The maximum absolute atomic E-state index is 11.7. The Kier molecular flexibility index (Phi) is 5.11. The van der Waals surface area contributed by atoms with Crippen molar-refractivity contribution in [2.24, 2.45) is 0 Å². The molecule has 1 aromatic heterocycles. The fraction of sp³-hybridized carbons (Fsp3) is 0.500. The predicted molar refractivity (Wildman–Crippen MR) is 90.2 cm³/mol. The minimum Gasteiger partial charge on any atom is -0.444 e. The molecular formula is C18H26N2O2. The van der Waals surface area contributed by atoms with E-state index in [1.54, 1.807) is 0 Å². The van der Waals surface area contributed by atoms with Crippen LogP contribution in [-0.4, -0.2) is 22.8 Å². The Morgan fingerprint density at radius 1 is 1.27 bits per heavy atom. The van der Waals surface area contributed by atoms with Gasteiger partial charge in [-0.1, -0.05) is 25.1 Å². The third kappa shape index (κ3) is 4.26. The van der Waals surface area contributed by atoms with Crippen LogP contribution in [-0.2, 0) is 17.7 Å². The molecule has 1 amide bonds. The molecule has 0 aliphatic rings. The first kappa shape index (κ1) is 16.4. The van der Waals surface area contributed by atoms with Crippen LogP contribution in [0.25, 0.3) is 10.9 Å². The molecule has 22 heavy (non-hydrogen) atoms. The number of benzene rings is 1. The van der Waals surface area contributed by atoms with Crippen molar-refractivity contribution in [1.82, 2.24) is 9.88 Å². The topological polar surface area (TPSA) is 43.3 Å². The number of alkyl carbamates (subject to hydrolysis) is 1. The summed E-state index contributed by atoms with van der Waals surface area (Å²) in [6.45, 7) is 9.37. The van der Waals surface area contributed by atoms with E-state index in [-0.39, 0.29) is 6.09 Å². The van der Waals surface area contributed by atoms with E-state index in [4.69, 9.17) is 4.74 Å². The molecule has 0 aliphatic carbocycles. The van der Waals surface area contributed by atoms with Crippen LogP contribution in [0.4, 0.5) is 4.79 Å². The lowest BCUT2D eigenvalue weighted by Crippen LogP contribution is -2.33. The van der Waals surface area contributed by atoms with Gasteiger partial charge >= 0.3 is 6.09 Å². The average Bonchev–Trinajstić information content (AvgIpc) is 2.76. The zero-order valence-corrected chi connectivity index (χ0v) is 14.0. The molecule has 0 fully saturated rings. The number of aromatic nitrogens is 1. The van der Waals surface area contributed by atoms with Crippen molar-refractivity contribution in [3.05, 3.63) is 36.0 Å². The molecule has 2 aromatic rings. The summed E-state index contributed by atoms with van der Waals surface area (Å²) < 4.78 is 7.54. The number of para-hydroxylation sites is 1. The summed E-state index contributed by atoms with van der Waals surface area (Å²) in [5.41, 5.74) is 2.07. The van der Waals surface area contributed by atoms with Gasteiger partial charge in [0, 0.05) is 30.2 Å². The van der Waals surface area contributed by atoms with Gasteiger partial charge in [0.05, 0.1) is 0 Å². The predicted octanol–water partition coefficient (Wildman–Crippen LogP) is 4.12. The van der Waals surface area contributed by atoms with E-state index in [1.807, 2.05) is 20.8 Å². The van der Waals surface area contributed by atoms with Gasteiger partial charge in [-0.15, -0.1) is 0 Å². The third-order valence-corrected chi connectivity index (χ3v) is 3.40. The molecule has 0 saturated carbocycles. The number of nitrogens with zero attached hydrogens (tertiary/aromatic N) is 1. The maximum atomic E-state index is 11.7. The SMILES string of the molecule is CCCn1cc(CCNC(=O)OC(C)(C)C)c2ccccc21. The van der Waals surface area contributed by atoms with Gasteiger partial charge < -0.3 is 14.6 Å². The Morgan fingerprint density at radius 3 is 2.68 bits per heavy atom. The summed E-state index contributed by atoms with van der Waals surface area (Å²) in [6, 6.07) is 8.42. The number of fused-ring (bicyclic) bond motifs is 1. The molecule has 2 rings (SSSR count). The fourth-order valence-corrected chi connectivity index (χ4v) is 2.56. The molecule has 0 bridgehead atoms. The van der Waals surface area contributed by atoms with Crippen LogP contribution < -0.4 is 5.32 Å². The monoisotopic (exact) mass is 302 g/mol. The number of hydrogen-bond donors (Lipinski definition) is 1. The molecule has 0 radical (unpaired) electrons. The van der Waals surface area contributed by atoms with E-state index in [1.165, 1.54) is 16.5 Å². The van der Waals surface area contributed by atoms with E-state index in [9.17, 15) is 4.79 Å². The van der Waals surface area contributed by atoms with Crippen LogP contribution >= 0.6 is 0 Å². The van der Waals surface area contributed by atoms with E-state index in [0.29, 0.717) is 6.54 Å². The molecular weight excluding hydrogens is 276 g/mol. The highest BCUT2D eigenvalue weighted by Crippen LogP contribution is 2.22. The largest absolute Gasteiger partial charge is 0.444 e. The van der Waals surface area contributed by atoms with Crippen molar-refractivity contribution >= 4 is 17.0 Å². The van der Waals surface area contributed by atoms with Gasteiger partial charge in [-0.05, 0) is 45.2 Å². The molecule has 4 nitrogen and oxygen atoms in total. The number of carbonyl (C=O) groups is 1. The van der Waals surface area contributed by atoms with Crippen LogP contribution in [0.2, 0.25) is 0 Å². The number of hydrogen-bond acceptors (Lipinski definition) is 2. The van der Waals surface area contributed by atoms with Gasteiger partial charge in [0.25, 0.3) is 0 Å². The van der Waals surface area contributed by atoms with Gasteiger partial charge in [-0.2, -0.15) is 0 Å². The number of carbonyl (C=O) groups excluding carboxylic acids is 1. The van der Waals surface area contributed by atoms with E-state index in [0.717, 1.165) is 19.4 Å². The van der Waals surface area contributed by atoms with Gasteiger partial charge in [-0.25, -0.2) is 4.79 Å². The zero-order chi connectivity index (χ0) is 16.2. The summed E-state index contributed by atoms with van der Waals surface area (Å²) in [6.07, 6.45) is 3.75. The number of ether oxygens (including phenoxy) is 1. The van der Waals surface area contributed by atoms with Gasteiger partial charge in [0.15, 0.2) is 0 Å². The minimum absolute atomic E-state index is 0.357. The van der Waals surface area contributed by atoms with Crippen LogP contribution in [0, 0.1) is 0 Å². The van der Waals surface area contributed by atoms with Crippen molar-refractivity contribution in [2.45, 2.75) is 52.7 Å². The molecule has 4 heteroatoms. The highest BCUT2D eigenvalue weighted by atomic mass is 16.6. The smallest absolute Gasteiger partial charge is 0.407 e. The van der Waals surface area contributed by atoms with E-state index >= 15 is 0 Å². The Hall–Kier alpha value is -1.97. The molecule has 0 aliphatic heterocycles. The summed E-state index contributed by atoms with van der Waals surface area (Å²) in [4.78, 5) is 11.7. The second-order valence-electron chi connectivity index (χ2n) is 6.54. The van der Waals surface area contributed by atoms with Gasteiger partial charge in [-0.3, -0.25) is 0 Å². The molecule has 0 saturated heterocycles.